The second-order valence-corrected chi connectivity index (χ2v) is 3.00. The van der Waals surface area contributed by atoms with E-state index in [4.69, 9.17) is 4.74 Å². The van der Waals surface area contributed by atoms with Crippen LogP contribution in [0.1, 0.15) is 33.6 Å². The minimum absolute atomic E-state index is 0.148. The van der Waals surface area contributed by atoms with Crippen LogP contribution in [0, 0.1) is 5.92 Å². The zero-order chi connectivity index (χ0) is 8.85. The highest BCUT2D eigenvalue weighted by molar-refractivity contribution is 5.80. The first-order chi connectivity index (χ1) is 5.11. The summed E-state index contributed by atoms with van der Waals surface area (Å²) >= 11 is 0. The molecule has 0 aromatic carbocycles. The van der Waals surface area contributed by atoms with Crippen molar-refractivity contribution in [3.8, 4) is 0 Å². The van der Waals surface area contributed by atoms with Gasteiger partial charge in [0.15, 0.2) is 0 Å². The number of hydrogen-bond donors (Lipinski definition) is 0. The molecule has 2 nitrogen and oxygen atoms in total. The van der Waals surface area contributed by atoms with Crippen LogP contribution in [0.3, 0.4) is 0 Å². The Kier molecular flexibility index (Phi) is 5.12. The molecule has 11 heavy (non-hydrogen) atoms. The fourth-order valence-corrected chi connectivity index (χ4v) is 1.07. The largest absolute Gasteiger partial charge is 0.382 e. The van der Waals surface area contributed by atoms with Crippen LogP contribution < -0.4 is 0 Å². The van der Waals surface area contributed by atoms with Crippen LogP contribution in [0.2, 0.25) is 0 Å². The van der Waals surface area contributed by atoms with Crippen molar-refractivity contribution >= 4 is 5.78 Å². The summed E-state index contributed by atoms with van der Waals surface area (Å²) in [6.07, 6.45) is 1.67. The van der Waals surface area contributed by atoms with Gasteiger partial charge in [-0.15, -0.1) is 0 Å². The van der Waals surface area contributed by atoms with E-state index in [-0.39, 0.29) is 12.0 Å². The zero-order valence-electron chi connectivity index (χ0n) is 7.89. The van der Waals surface area contributed by atoms with E-state index in [2.05, 4.69) is 0 Å². The molecule has 2 heteroatoms. The number of rotatable bonds is 5. The predicted molar refractivity (Wildman–Crippen MR) is 45.6 cm³/mol. The summed E-state index contributed by atoms with van der Waals surface area (Å²) in [5, 5.41) is 0. The lowest BCUT2D eigenvalue weighted by molar-refractivity contribution is -0.123. The van der Waals surface area contributed by atoms with E-state index in [0.717, 1.165) is 6.42 Å². The van der Waals surface area contributed by atoms with E-state index in [1.54, 1.807) is 7.11 Å². The average Bonchev–Trinajstić information content (AvgIpc) is 2.02. The maximum Gasteiger partial charge on any atom is 0.135 e. The number of carbonyl (C=O) groups is 1. The number of carbonyl (C=O) groups excluding carboxylic acids is 1. The fraction of sp³-hybridized carbons (Fsp3) is 0.889. The molecule has 0 spiro atoms. The summed E-state index contributed by atoms with van der Waals surface area (Å²) in [7, 11) is 1.67. The highest BCUT2D eigenvalue weighted by Crippen LogP contribution is 2.10. The number of ether oxygens (including phenoxy) is 1. The van der Waals surface area contributed by atoms with Crippen molar-refractivity contribution in [3.05, 3.63) is 0 Å². The van der Waals surface area contributed by atoms with Crippen molar-refractivity contribution in [1.82, 2.24) is 0 Å². The van der Waals surface area contributed by atoms with Crippen molar-refractivity contribution in [2.24, 2.45) is 5.92 Å². The molecule has 2 unspecified atom stereocenters. The third-order valence-electron chi connectivity index (χ3n) is 1.99. The van der Waals surface area contributed by atoms with Crippen molar-refractivity contribution in [2.75, 3.05) is 7.11 Å². The SMILES string of the molecule is CCC(=O)C(C)CC(C)OC. The molecular formula is C9H18O2. The van der Waals surface area contributed by atoms with Crippen LogP contribution >= 0.6 is 0 Å². The summed E-state index contributed by atoms with van der Waals surface area (Å²) in [6, 6.07) is 0. The van der Waals surface area contributed by atoms with Gasteiger partial charge in [0, 0.05) is 19.4 Å². The summed E-state index contributed by atoms with van der Waals surface area (Å²) in [5.74, 6) is 0.476. The first kappa shape index (κ1) is 10.6. The molecule has 2 atom stereocenters. The molecule has 0 N–H and O–H groups in total. The summed E-state index contributed by atoms with van der Waals surface area (Å²) in [6.45, 7) is 5.84. The lowest BCUT2D eigenvalue weighted by atomic mass is 9.98. The second-order valence-electron chi connectivity index (χ2n) is 3.00. The van der Waals surface area contributed by atoms with Gasteiger partial charge in [0.05, 0.1) is 6.10 Å². The molecule has 0 aromatic heterocycles. The molecule has 0 aromatic rings. The Morgan fingerprint density at radius 1 is 1.45 bits per heavy atom. The van der Waals surface area contributed by atoms with Gasteiger partial charge in [0.2, 0.25) is 0 Å². The first-order valence-electron chi connectivity index (χ1n) is 4.17. The van der Waals surface area contributed by atoms with Crippen molar-refractivity contribution < 1.29 is 9.53 Å². The molecular weight excluding hydrogens is 140 g/mol. The third-order valence-corrected chi connectivity index (χ3v) is 1.99. The Morgan fingerprint density at radius 2 is 2.00 bits per heavy atom. The van der Waals surface area contributed by atoms with Gasteiger partial charge in [-0.2, -0.15) is 0 Å². The average molecular weight is 158 g/mol. The van der Waals surface area contributed by atoms with E-state index in [9.17, 15) is 4.79 Å². The molecule has 66 valence electrons. The van der Waals surface area contributed by atoms with Crippen molar-refractivity contribution in [3.63, 3.8) is 0 Å². The van der Waals surface area contributed by atoms with Crippen LogP contribution in [0.5, 0.6) is 0 Å². The van der Waals surface area contributed by atoms with Gasteiger partial charge in [-0.1, -0.05) is 13.8 Å². The molecule has 0 aliphatic carbocycles. The molecule has 0 radical (unpaired) electrons. The zero-order valence-corrected chi connectivity index (χ0v) is 7.89. The molecule has 0 heterocycles. The van der Waals surface area contributed by atoms with E-state index in [1.165, 1.54) is 0 Å². The minimum Gasteiger partial charge on any atom is -0.382 e. The maximum atomic E-state index is 11.1. The molecule has 0 amide bonds. The van der Waals surface area contributed by atoms with Gasteiger partial charge >= 0.3 is 0 Å². The topological polar surface area (TPSA) is 26.3 Å². The number of ketones is 1. The van der Waals surface area contributed by atoms with Gasteiger partial charge in [-0.3, -0.25) is 4.79 Å². The van der Waals surface area contributed by atoms with Gasteiger partial charge < -0.3 is 4.74 Å². The van der Waals surface area contributed by atoms with Crippen LogP contribution in [0.25, 0.3) is 0 Å². The Morgan fingerprint density at radius 3 is 2.36 bits per heavy atom. The Hall–Kier alpha value is -0.370. The standard InChI is InChI=1S/C9H18O2/c1-5-9(10)7(2)6-8(3)11-4/h7-8H,5-6H2,1-4H3. The number of hydrogen-bond acceptors (Lipinski definition) is 2. The van der Waals surface area contributed by atoms with Crippen LogP contribution in [0.15, 0.2) is 0 Å². The van der Waals surface area contributed by atoms with Crippen LogP contribution in [-0.2, 0) is 9.53 Å². The fourth-order valence-electron chi connectivity index (χ4n) is 1.07. The van der Waals surface area contributed by atoms with Crippen LogP contribution in [0.4, 0.5) is 0 Å². The Labute approximate surface area is 68.9 Å². The number of Topliss-reactive ketones (excluding diaryl/α,β-unsaturated/α-hetero) is 1. The summed E-state index contributed by atoms with van der Waals surface area (Å²) in [4.78, 5) is 11.1. The quantitative estimate of drug-likeness (QED) is 0.612. The van der Waals surface area contributed by atoms with Gasteiger partial charge in [0.1, 0.15) is 5.78 Å². The van der Waals surface area contributed by atoms with E-state index < -0.39 is 0 Å². The highest BCUT2D eigenvalue weighted by atomic mass is 16.5. The minimum atomic E-state index is 0.148. The van der Waals surface area contributed by atoms with Gasteiger partial charge in [-0.05, 0) is 13.3 Å². The third kappa shape index (κ3) is 4.14. The summed E-state index contributed by atoms with van der Waals surface area (Å²) in [5.41, 5.74) is 0. The monoisotopic (exact) mass is 158 g/mol. The lowest BCUT2D eigenvalue weighted by Crippen LogP contribution is -2.17. The van der Waals surface area contributed by atoms with E-state index >= 15 is 0 Å². The first-order valence-corrected chi connectivity index (χ1v) is 4.17. The molecule has 0 aliphatic rings. The molecule has 0 bridgehead atoms. The van der Waals surface area contributed by atoms with Crippen molar-refractivity contribution in [1.29, 1.82) is 0 Å². The van der Waals surface area contributed by atoms with Crippen LogP contribution in [-0.4, -0.2) is 19.0 Å². The number of methoxy groups -OCH3 is 1. The predicted octanol–water partition coefficient (Wildman–Crippen LogP) is 2.03. The van der Waals surface area contributed by atoms with Gasteiger partial charge in [0.25, 0.3) is 0 Å². The summed E-state index contributed by atoms with van der Waals surface area (Å²) < 4.78 is 5.06. The molecule has 0 saturated heterocycles. The molecule has 0 aliphatic heterocycles. The van der Waals surface area contributed by atoms with E-state index in [1.807, 2.05) is 20.8 Å². The molecule has 0 rings (SSSR count). The Bertz CT molecular complexity index is 121. The second kappa shape index (κ2) is 5.30. The smallest absolute Gasteiger partial charge is 0.135 e. The van der Waals surface area contributed by atoms with E-state index in [0.29, 0.717) is 12.2 Å². The van der Waals surface area contributed by atoms with Gasteiger partial charge in [-0.25, -0.2) is 0 Å². The highest BCUT2D eigenvalue weighted by Gasteiger charge is 2.13. The Balaban J connectivity index is 3.67. The normalized spacial score (nSPS) is 16.0. The van der Waals surface area contributed by atoms with Crippen molar-refractivity contribution in [2.45, 2.75) is 39.7 Å². The molecule has 0 fully saturated rings. The molecule has 0 saturated carbocycles. The maximum absolute atomic E-state index is 11.1. The lowest BCUT2D eigenvalue weighted by Gasteiger charge is -2.13.